The van der Waals surface area contributed by atoms with Crippen LogP contribution in [0.4, 0.5) is 0 Å². The first-order chi connectivity index (χ1) is 6.27. The average molecular weight is 256 g/mol. The molecule has 0 bridgehead atoms. The van der Waals surface area contributed by atoms with E-state index in [2.05, 4.69) is 34.6 Å². The Morgan fingerprint density at radius 1 is 1.46 bits per heavy atom. The van der Waals surface area contributed by atoms with Crippen LogP contribution in [-0.2, 0) is 6.42 Å². The first-order valence-electron chi connectivity index (χ1n) is 4.06. The number of aryl methyl sites for hydroxylation is 1. The Morgan fingerprint density at radius 2 is 2.23 bits per heavy atom. The number of benzene rings is 1. The van der Waals surface area contributed by atoms with Crippen LogP contribution in [0.25, 0.3) is 0 Å². The topological polar surface area (TPSA) is 23.8 Å². The monoisotopic (exact) mass is 255 g/mol. The molecule has 13 heavy (non-hydrogen) atoms. The van der Waals surface area contributed by atoms with E-state index in [-0.39, 0.29) is 0 Å². The molecule has 0 saturated heterocycles. The summed E-state index contributed by atoms with van der Waals surface area (Å²) in [5.41, 5.74) is 1.87. The lowest BCUT2D eigenvalue weighted by molar-refractivity contribution is 0.936. The first kappa shape index (κ1) is 10.6. The van der Waals surface area contributed by atoms with Crippen LogP contribution >= 0.6 is 28.6 Å². The van der Waals surface area contributed by atoms with Crippen LogP contribution < -0.4 is 0 Å². The number of alkyl halides is 1. The molecule has 0 aliphatic rings. The van der Waals surface area contributed by atoms with Crippen LogP contribution in [0.15, 0.2) is 23.1 Å². The zero-order valence-electron chi connectivity index (χ0n) is 7.13. The summed E-state index contributed by atoms with van der Waals surface area (Å²) in [4.78, 5) is 0.755. The molecule has 68 valence electrons. The third-order valence-electron chi connectivity index (χ3n) is 1.78. The maximum atomic E-state index is 8.76. The second-order valence-corrected chi connectivity index (χ2v) is 4.03. The van der Waals surface area contributed by atoms with Gasteiger partial charge >= 0.3 is 0 Å². The number of nitrogens with zero attached hydrogens (tertiary/aromatic N) is 1. The van der Waals surface area contributed by atoms with Crippen molar-refractivity contribution in [2.75, 3.05) is 5.33 Å². The maximum absolute atomic E-state index is 8.76. The Bertz CT molecular complexity index is 330. The summed E-state index contributed by atoms with van der Waals surface area (Å²) in [5, 5.41) is 9.76. The van der Waals surface area contributed by atoms with Crippen LogP contribution in [0, 0.1) is 11.3 Å². The molecule has 0 aliphatic carbocycles. The zero-order valence-corrected chi connectivity index (χ0v) is 9.61. The van der Waals surface area contributed by atoms with Crippen LogP contribution in [0.1, 0.15) is 17.5 Å². The Balaban J connectivity index is 2.82. The number of nitriles is 1. The summed E-state index contributed by atoms with van der Waals surface area (Å²) in [7, 11) is 0. The van der Waals surface area contributed by atoms with Gasteiger partial charge in [0.2, 0.25) is 0 Å². The van der Waals surface area contributed by atoms with E-state index in [9.17, 15) is 0 Å². The van der Waals surface area contributed by atoms with Crippen molar-refractivity contribution in [1.29, 1.82) is 5.26 Å². The zero-order chi connectivity index (χ0) is 9.68. The Labute approximate surface area is 92.3 Å². The molecule has 1 aromatic rings. The van der Waals surface area contributed by atoms with Gasteiger partial charge in [-0.1, -0.05) is 22.0 Å². The normalized spacial score (nSPS) is 9.62. The minimum atomic E-state index is 0.662. The van der Waals surface area contributed by atoms with E-state index in [0.29, 0.717) is 5.56 Å². The van der Waals surface area contributed by atoms with Gasteiger partial charge in [-0.2, -0.15) is 5.26 Å². The van der Waals surface area contributed by atoms with E-state index >= 15 is 0 Å². The highest BCUT2D eigenvalue weighted by atomic mass is 79.9. The second kappa shape index (κ2) is 5.31. The second-order valence-electron chi connectivity index (χ2n) is 2.76. The van der Waals surface area contributed by atoms with E-state index in [1.165, 1.54) is 5.56 Å². The van der Waals surface area contributed by atoms with Crippen molar-refractivity contribution in [3.63, 3.8) is 0 Å². The van der Waals surface area contributed by atoms with Crippen molar-refractivity contribution < 1.29 is 0 Å². The van der Waals surface area contributed by atoms with Crippen LogP contribution in [0.3, 0.4) is 0 Å². The van der Waals surface area contributed by atoms with Crippen molar-refractivity contribution in [1.82, 2.24) is 0 Å². The highest BCUT2D eigenvalue weighted by Crippen LogP contribution is 2.15. The molecule has 0 spiro atoms. The maximum Gasteiger partial charge on any atom is 0.100 e. The van der Waals surface area contributed by atoms with Gasteiger partial charge in [-0.05, 0) is 30.5 Å². The fourth-order valence-electron chi connectivity index (χ4n) is 1.10. The van der Waals surface area contributed by atoms with Gasteiger partial charge in [0.05, 0.1) is 5.56 Å². The minimum absolute atomic E-state index is 0.662. The van der Waals surface area contributed by atoms with E-state index < -0.39 is 0 Å². The lowest BCUT2D eigenvalue weighted by Gasteiger charge is -2.01. The molecular weight excluding hydrogens is 246 g/mol. The van der Waals surface area contributed by atoms with Gasteiger partial charge in [-0.3, -0.25) is 0 Å². The molecule has 3 heteroatoms. The third-order valence-corrected chi connectivity index (χ3v) is 2.73. The van der Waals surface area contributed by atoms with Gasteiger partial charge in [0.15, 0.2) is 0 Å². The largest absolute Gasteiger partial charge is 0.192 e. The van der Waals surface area contributed by atoms with E-state index in [1.807, 2.05) is 18.2 Å². The SMILES string of the molecule is N#Cc1cc(CCCBr)ccc1S. The summed E-state index contributed by atoms with van der Waals surface area (Å²) in [6.45, 7) is 0. The Kier molecular flexibility index (Phi) is 4.34. The molecule has 1 nitrogen and oxygen atoms in total. The predicted molar refractivity (Wildman–Crippen MR) is 60.5 cm³/mol. The van der Waals surface area contributed by atoms with Crippen LogP contribution in [0.2, 0.25) is 0 Å². The van der Waals surface area contributed by atoms with E-state index in [4.69, 9.17) is 5.26 Å². The quantitative estimate of drug-likeness (QED) is 0.651. The molecule has 0 aliphatic heterocycles. The fraction of sp³-hybridized carbons (Fsp3) is 0.300. The molecule has 0 radical (unpaired) electrons. The number of hydrogen-bond acceptors (Lipinski definition) is 2. The number of hydrogen-bond donors (Lipinski definition) is 1. The molecule has 0 amide bonds. The lowest BCUT2D eigenvalue weighted by atomic mass is 10.1. The smallest absolute Gasteiger partial charge is 0.100 e. The predicted octanol–water partition coefficient (Wildman–Crippen LogP) is 3.17. The molecule has 1 aromatic carbocycles. The van der Waals surface area contributed by atoms with Crippen LogP contribution in [0.5, 0.6) is 0 Å². The minimum Gasteiger partial charge on any atom is -0.192 e. The fourth-order valence-corrected chi connectivity index (χ4v) is 1.57. The highest BCUT2D eigenvalue weighted by molar-refractivity contribution is 9.09. The molecule has 0 atom stereocenters. The van der Waals surface area contributed by atoms with Gasteiger partial charge in [0.25, 0.3) is 0 Å². The molecule has 0 unspecified atom stereocenters. The number of halogens is 1. The van der Waals surface area contributed by atoms with Crippen molar-refractivity contribution in [2.45, 2.75) is 17.7 Å². The number of thiol groups is 1. The average Bonchev–Trinajstić information content (AvgIpc) is 2.16. The Hall–Kier alpha value is -0.460. The van der Waals surface area contributed by atoms with Crippen LogP contribution in [-0.4, -0.2) is 5.33 Å². The summed E-state index contributed by atoms with van der Waals surface area (Å²) in [6.07, 6.45) is 2.10. The standard InChI is InChI=1S/C10H10BrNS/c11-5-1-2-8-3-4-10(13)9(6-8)7-12/h3-4,6,13H,1-2,5H2. The molecular formula is C10H10BrNS. The summed E-state index contributed by atoms with van der Waals surface area (Å²) in [6, 6.07) is 7.93. The molecule has 0 fully saturated rings. The lowest BCUT2D eigenvalue weighted by Crippen LogP contribution is -1.88. The number of rotatable bonds is 3. The molecule has 0 heterocycles. The highest BCUT2D eigenvalue weighted by Gasteiger charge is 1.99. The summed E-state index contributed by atoms with van der Waals surface area (Å²) >= 11 is 7.56. The van der Waals surface area contributed by atoms with E-state index in [1.54, 1.807) is 0 Å². The van der Waals surface area contributed by atoms with Crippen molar-refractivity contribution in [3.8, 4) is 6.07 Å². The van der Waals surface area contributed by atoms with Crippen molar-refractivity contribution in [3.05, 3.63) is 29.3 Å². The van der Waals surface area contributed by atoms with Gasteiger partial charge in [-0.25, -0.2) is 0 Å². The molecule has 1 rings (SSSR count). The summed E-state index contributed by atoms with van der Waals surface area (Å²) in [5.74, 6) is 0. The Morgan fingerprint density at radius 3 is 2.85 bits per heavy atom. The van der Waals surface area contributed by atoms with Gasteiger partial charge in [-0.15, -0.1) is 12.6 Å². The third kappa shape index (κ3) is 3.06. The van der Waals surface area contributed by atoms with Crippen molar-refractivity contribution in [2.24, 2.45) is 0 Å². The van der Waals surface area contributed by atoms with Gasteiger partial charge < -0.3 is 0 Å². The van der Waals surface area contributed by atoms with Gasteiger partial charge in [0, 0.05) is 10.2 Å². The van der Waals surface area contributed by atoms with Crippen molar-refractivity contribution >= 4 is 28.6 Å². The first-order valence-corrected chi connectivity index (χ1v) is 5.62. The summed E-state index contributed by atoms with van der Waals surface area (Å²) < 4.78 is 0. The van der Waals surface area contributed by atoms with E-state index in [0.717, 1.165) is 23.1 Å². The molecule has 0 N–H and O–H groups in total. The molecule has 0 aromatic heterocycles. The molecule has 0 saturated carbocycles. The van der Waals surface area contributed by atoms with Gasteiger partial charge in [0.1, 0.15) is 6.07 Å².